The summed E-state index contributed by atoms with van der Waals surface area (Å²) in [5.41, 5.74) is 2.31. The fraction of sp³-hybridized carbons (Fsp3) is 0.467. The van der Waals surface area contributed by atoms with Crippen LogP contribution >= 0.6 is 11.8 Å². The number of amides is 1. The summed E-state index contributed by atoms with van der Waals surface area (Å²) >= 11 is 1.74. The number of hydrogen-bond acceptors (Lipinski definition) is 3. The molecule has 2 aliphatic rings. The van der Waals surface area contributed by atoms with E-state index in [2.05, 4.69) is 11.1 Å². The number of allylic oxidation sites excluding steroid dienone is 1. The van der Waals surface area contributed by atoms with Crippen molar-refractivity contribution in [2.24, 2.45) is 0 Å². The maximum absolute atomic E-state index is 12.5. The molecule has 2 heterocycles. The fourth-order valence-electron chi connectivity index (χ4n) is 2.67. The molecule has 19 heavy (non-hydrogen) atoms. The number of pyridine rings is 1. The van der Waals surface area contributed by atoms with Crippen LogP contribution in [0.15, 0.2) is 35.0 Å². The minimum atomic E-state index is 0.225. The zero-order chi connectivity index (χ0) is 13.1. The van der Waals surface area contributed by atoms with Crippen LogP contribution in [0.2, 0.25) is 0 Å². The number of rotatable bonds is 2. The molecule has 1 aromatic heterocycles. The normalized spacial score (nSPS) is 18.7. The monoisotopic (exact) mass is 274 g/mol. The van der Waals surface area contributed by atoms with Gasteiger partial charge in [0.2, 0.25) is 5.91 Å². The number of thioether (sulfide) groups is 1. The third-order valence-corrected chi connectivity index (χ3v) is 4.63. The highest BCUT2D eigenvalue weighted by molar-refractivity contribution is 7.99. The largest absolute Gasteiger partial charge is 0.309 e. The molecule has 0 saturated carbocycles. The molecule has 3 nitrogen and oxygen atoms in total. The molecule has 1 aliphatic carbocycles. The summed E-state index contributed by atoms with van der Waals surface area (Å²) in [7, 11) is 0. The van der Waals surface area contributed by atoms with Gasteiger partial charge in [-0.15, -0.1) is 11.8 Å². The lowest BCUT2D eigenvalue weighted by molar-refractivity contribution is -0.118. The highest BCUT2D eigenvalue weighted by Gasteiger charge is 2.24. The number of anilines is 1. The van der Waals surface area contributed by atoms with Crippen molar-refractivity contribution in [3.63, 3.8) is 0 Å². The first-order chi connectivity index (χ1) is 9.34. The molecule has 0 bridgehead atoms. The summed E-state index contributed by atoms with van der Waals surface area (Å²) in [6.45, 7) is 0.801. The van der Waals surface area contributed by atoms with E-state index in [0.717, 1.165) is 35.9 Å². The SMILES string of the molecule is O=C(CC1=CCCCC1)N1CCSc2ncccc21. The van der Waals surface area contributed by atoms with E-state index in [0.29, 0.717) is 6.42 Å². The molecule has 0 fully saturated rings. The van der Waals surface area contributed by atoms with Crippen molar-refractivity contribution in [2.45, 2.75) is 37.1 Å². The molecule has 1 aromatic rings. The summed E-state index contributed by atoms with van der Waals surface area (Å²) in [5.74, 6) is 1.16. The molecule has 0 saturated heterocycles. The molecule has 0 atom stereocenters. The summed E-state index contributed by atoms with van der Waals surface area (Å²) < 4.78 is 0. The Balaban J connectivity index is 1.75. The lowest BCUT2D eigenvalue weighted by atomic mass is 9.97. The maximum Gasteiger partial charge on any atom is 0.231 e. The van der Waals surface area contributed by atoms with Crippen molar-refractivity contribution in [3.05, 3.63) is 30.0 Å². The topological polar surface area (TPSA) is 33.2 Å². The average molecular weight is 274 g/mol. The van der Waals surface area contributed by atoms with Gasteiger partial charge in [-0.2, -0.15) is 0 Å². The summed E-state index contributed by atoms with van der Waals surface area (Å²) in [4.78, 5) is 18.7. The van der Waals surface area contributed by atoms with Crippen LogP contribution < -0.4 is 4.90 Å². The second-order valence-corrected chi connectivity index (χ2v) is 6.09. The predicted octanol–water partition coefficient (Wildman–Crippen LogP) is 3.41. The van der Waals surface area contributed by atoms with Gasteiger partial charge in [-0.25, -0.2) is 4.98 Å². The highest BCUT2D eigenvalue weighted by Crippen LogP contribution is 2.33. The third-order valence-electron chi connectivity index (χ3n) is 3.66. The first kappa shape index (κ1) is 12.7. The lowest BCUT2D eigenvalue weighted by Gasteiger charge is -2.28. The van der Waals surface area contributed by atoms with Crippen LogP contribution in [0.25, 0.3) is 0 Å². The Kier molecular flexibility index (Phi) is 3.87. The first-order valence-corrected chi connectivity index (χ1v) is 7.89. The number of aromatic nitrogens is 1. The first-order valence-electron chi connectivity index (χ1n) is 6.91. The molecule has 0 unspecified atom stereocenters. The van der Waals surface area contributed by atoms with Crippen molar-refractivity contribution < 1.29 is 4.79 Å². The summed E-state index contributed by atoms with van der Waals surface area (Å²) in [6.07, 6.45) is 9.36. The van der Waals surface area contributed by atoms with Crippen LogP contribution in [-0.2, 0) is 4.79 Å². The summed E-state index contributed by atoms with van der Waals surface area (Å²) in [6, 6.07) is 3.91. The van der Waals surface area contributed by atoms with Crippen LogP contribution in [-0.4, -0.2) is 23.2 Å². The molecule has 0 aromatic carbocycles. The number of nitrogens with zero attached hydrogens (tertiary/aromatic N) is 2. The highest BCUT2D eigenvalue weighted by atomic mass is 32.2. The number of fused-ring (bicyclic) bond motifs is 1. The zero-order valence-electron chi connectivity index (χ0n) is 11.0. The molecule has 4 heteroatoms. The Hall–Kier alpha value is -1.29. The minimum Gasteiger partial charge on any atom is -0.309 e. The van der Waals surface area contributed by atoms with E-state index in [1.54, 1.807) is 18.0 Å². The molecule has 0 radical (unpaired) electrons. The maximum atomic E-state index is 12.5. The van der Waals surface area contributed by atoms with Gasteiger partial charge in [0.1, 0.15) is 5.03 Å². The van der Waals surface area contributed by atoms with Crippen molar-refractivity contribution in [1.82, 2.24) is 4.98 Å². The molecular weight excluding hydrogens is 256 g/mol. The standard InChI is InChI=1S/C15H18N2OS/c18-14(11-12-5-2-1-3-6-12)17-9-10-19-15-13(17)7-4-8-16-15/h4-5,7-8H,1-3,6,9-11H2. The van der Waals surface area contributed by atoms with E-state index in [-0.39, 0.29) is 5.91 Å². The number of carbonyl (C=O) groups excluding carboxylic acids is 1. The van der Waals surface area contributed by atoms with E-state index in [1.165, 1.54) is 18.4 Å². The molecule has 1 amide bonds. The van der Waals surface area contributed by atoms with Gasteiger partial charge >= 0.3 is 0 Å². The van der Waals surface area contributed by atoms with Gasteiger partial charge < -0.3 is 4.90 Å². The smallest absolute Gasteiger partial charge is 0.231 e. The quantitative estimate of drug-likeness (QED) is 0.775. The Labute approximate surface area is 118 Å². The second kappa shape index (κ2) is 5.78. The predicted molar refractivity (Wildman–Crippen MR) is 78.5 cm³/mol. The summed E-state index contributed by atoms with van der Waals surface area (Å²) in [5, 5.41) is 0.986. The van der Waals surface area contributed by atoms with Crippen LogP contribution in [0.1, 0.15) is 32.1 Å². The van der Waals surface area contributed by atoms with Crippen LogP contribution in [0.4, 0.5) is 5.69 Å². The molecular formula is C15H18N2OS. The molecule has 100 valence electrons. The molecule has 0 N–H and O–H groups in total. The Morgan fingerprint density at radius 1 is 1.42 bits per heavy atom. The average Bonchev–Trinajstić information content (AvgIpc) is 2.47. The Morgan fingerprint density at radius 2 is 2.37 bits per heavy atom. The third kappa shape index (κ3) is 2.84. The molecule has 3 rings (SSSR count). The van der Waals surface area contributed by atoms with Crippen molar-refractivity contribution in [1.29, 1.82) is 0 Å². The van der Waals surface area contributed by atoms with Gasteiger partial charge in [0.05, 0.1) is 5.69 Å². The second-order valence-electron chi connectivity index (χ2n) is 5.01. The van der Waals surface area contributed by atoms with Crippen LogP contribution in [0, 0.1) is 0 Å². The molecule has 0 spiro atoms. The number of hydrogen-bond donors (Lipinski definition) is 0. The zero-order valence-corrected chi connectivity index (χ0v) is 11.8. The van der Waals surface area contributed by atoms with E-state index in [9.17, 15) is 4.79 Å². The lowest BCUT2D eigenvalue weighted by Crippen LogP contribution is -2.35. The van der Waals surface area contributed by atoms with Gasteiger partial charge in [0, 0.05) is 24.9 Å². The van der Waals surface area contributed by atoms with Gasteiger partial charge in [0.15, 0.2) is 0 Å². The number of carbonyl (C=O) groups is 1. The van der Waals surface area contributed by atoms with E-state index in [1.807, 2.05) is 17.0 Å². The van der Waals surface area contributed by atoms with Crippen molar-refractivity contribution in [3.8, 4) is 0 Å². The van der Waals surface area contributed by atoms with Gasteiger partial charge in [0.25, 0.3) is 0 Å². The Bertz CT molecular complexity index is 513. The Morgan fingerprint density at radius 3 is 3.21 bits per heavy atom. The fourth-order valence-corrected chi connectivity index (χ4v) is 3.60. The van der Waals surface area contributed by atoms with Crippen molar-refractivity contribution >= 4 is 23.4 Å². The van der Waals surface area contributed by atoms with Gasteiger partial charge in [-0.3, -0.25) is 4.79 Å². The molecule has 1 aliphatic heterocycles. The van der Waals surface area contributed by atoms with Crippen LogP contribution in [0.5, 0.6) is 0 Å². The van der Waals surface area contributed by atoms with E-state index < -0.39 is 0 Å². The van der Waals surface area contributed by atoms with E-state index in [4.69, 9.17) is 0 Å². The minimum absolute atomic E-state index is 0.225. The van der Waals surface area contributed by atoms with Crippen molar-refractivity contribution in [2.75, 3.05) is 17.2 Å². The van der Waals surface area contributed by atoms with E-state index >= 15 is 0 Å². The van der Waals surface area contributed by atoms with Gasteiger partial charge in [-0.1, -0.05) is 11.6 Å². The van der Waals surface area contributed by atoms with Gasteiger partial charge in [-0.05, 0) is 37.8 Å². The van der Waals surface area contributed by atoms with Crippen LogP contribution in [0.3, 0.4) is 0 Å².